The van der Waals surface area contributed by atoms with Crippen LogP contribution < -0.4 is 5.32 Å². The number of rotatable bonds is 5. The van der Waals surface area contributed by atoms with Gasteiger partial charge in [-0.2, -0.15) is 0 Å². The number of benzene rings is 3. The summed E-state index contributed by atoms with van der Waals surface area (Å²) in [7, 11) is 2.67. The van der Waals surface area contributed by atoms with Crippen LogP contribution in [0.15, 0.2) is 84.9 Å². The van der Waals surface area contributed by atoms with Crippen LogP contribution in [0.5, 0.6) is 0 Å². The van der Waals surface area contributed by atoms with E-state index in [0.29, 0.717) is 13.0 Å². The summed E-state index contributed by atoms with van der Waals surface area (Å²) < 4.78 is 0. The van der Waals surface area contributed by atoms with Crippen LogP contribution in [0, 0.1) is 0 Å². The van der Waals surface area contributed by atoms with Gasteiger partial charge in [-0.15, -0.1) is 9.24 Å². The number of carbonyl (C=O) groups excluding carboxylic acids is 2. The number of para-hydroxylation sites is 1. The standard InChI is InChI=1S/C25H25N2O2P/c28-24-22(15-16-30)27(17-20-13-7-8-14-21(20)26-24)25(29)23(18-9-3-1-4-10-18)19-11-5-2-6-12-19/h1-14,22-23H,15-17,30H2,(H,26,28). The highest BCUT2D eigenvalue weighted by atomic mass is 31.0. The van der Waals surface area contributed by atoms with Gasteiger partial charge < -0.3 is 10.2 Å². The van der Waals surface area contributed by atoms with Gasteiger partial charge in [0.05, 0.1) is 5.92 Å². The number of nitrogens with zero attached hydrogens (tertiary/aromatic N) is 1. The van der Waals surface area contributed by atoms with E-state index in [4.69, 9.17) is 0 Å². The molecule has 152 valence electrons. The molecule has 2 unspecified atom stereocenters. The predicted octanol–water partition coefficient (Wildman–Crippen LogP) is 4.43. The fourth-order valence-electron chi connectivity index (χ4n) is 4.04. The third kappa shape index (κ3) is 4.15. The van der Waals surface area contributed by atoms with Gasteiger partial charge in [-0.25, -0.2) is 0 Å². The van der Waals surface area contributed by atoms with Crippen LogP contribution in [0.3, 0.4) is 0 Å². The van der Waals surface area contributed by atoms with E-state index in [0.717, 1.165) is 28.5 Å². The first kappa shape index (κ1) is 20.3. The van der Waals surface area contributed by atoms with Crippen molar-refractivity contribution in [1.82, 2.24) is 4.90 Å². The molecule has 4 rings (SSSR count). The van der Waals surface area contributed by atoms with Crippen LogP contribution in [-0.2, 0) is 16.1 Å². The molecule has 1 aliphatic heterocycles. The van der Waals surface area contributed by atoms with Crippen molar-refractivity contribution in [2.45, 2.75) is 24.9 Å². The predicted molar refractivity (Wildman–Crippen MR) is 123 cm³/mol. The smallest absolute Gasteiger partial charge is 0.247 e. The van der Waals surface area contributed by atoms with E-state index >= 15 is 0 Å². The molecule has 30 heavy (non-hydrogen) atoms. The minimum Gasteiger partial charge on any atom is -0.325 e. The number of carbonyl (C=O) groups is 2. The normalized spacial score (nSPS) is 16.0. The minimum absolute atomic E-state index is 0.0531. The molecule has 2 atom stereocenters. The number of amides is 2. The van der Waals surface area contributed by atoms with Crippen molar-refractivity contribution in [2.24, 2.45) is 0 Å². The van der Waals surface area contributed by atoms with Gasteiger partial charge in [0.1, 0.15) is 6.04 Å². The maximum absolute atomic E-state index is 14.0. The molecular weight excluding hydrogens is 391 g/mol. The molecule has 0 bridgehead atoms. The Hall–Kier alpha value is -2.97. The van der Waals surface area contributed by atoms with Crippen LogP contribution in [0.2, 0.25) is 0 Å². The Bertz CT molecular complexity index is 984. The first-order chi connectivity index (χ1) is 14.7. The Morgan fingerprint density at radius 3 is 2.10 bits per heavy atom. The molecule has 1 N–H and O–H groups in total. The molecule has 2 amide bonds. The number of hydrogen-bond acceptors (Lipinski definition) is 2. The Labute approximate surface area is 179 Å². The maximum atomic E-state index is 14.0. The van der Waals surface area contributed by atoms with Crippen LogP contribution in [-0.4, -0.2) is 28.9 Å². The SMILES string of the molecule is O=C1Nc2ccccc2CN(C(=O)C(c2ccccc2)c2ccccc2)C1CCP. The van der Waals surface area contributed by atoms with E-state index < -0.39 is 12.0 Å². The largest absolute Gasteiger partial charge is 0.325 e. The highest BCUT2D eigenvalue weighted by molar-refractivity contribution is 7.16. The van der Waals surface area contributed by atoms with E-state index in [1.165, 1.54) is 0 Å². The second-order valence-corrected chi connectivity index (χ2v) is 8.04. The van der Waals surface area contributed by atoms with Crippen LogP contribution in [0.25, 0.3) is 0 Å². The lowest BCUT2D eigenvalue weighted by atomic mass is 9.89. The summed E-state index contributed by atoms with van der Waals surface area (Å²) in [6.07, 6.45) is 1.33. The Kier molecular flexibility index (Phi) is 6.25. The fraction of sp³-hybridized carbons (Fsp3) is 0.200. The van der Waals surface area contributed by atoms with Crippen molar-refractivity contribution in [3.8, 4) is 0 Å². The highest BCUT2D eigenvalue weighted by Crippen LogP contribution is 2.32. The number of anilines is 1. The van der Waals surface area contributed by atoms with Gasteiger partial charge in [-0.05, 0) is 35.3 Å². The lowest BCUT2D eigenvalue weighted by Gasteiger charge is -2.32. The average molecular weight is 416 g/mol. The zero-order chi connectivity index (χ0) is 20.9. The molecule has 3 aromatic rings. The van der Waals surface area contributed by atoms with Gasteiger partial charge in [-0.3, -0.25) is 9.59 Å². The lowest BCUT2D eigenvalue weighted by Crippen LogP contribution is -2.47. The maximum Gasteiger partial charge on any atom is 0.247 e. The molecule has 0 saturated carbocycles. The molecule has 3 aromatic carbocycles. The van der Waals surface area contributed by atoms with Gasteiger partial charge in [-0.1, -0.05) is 78.9 Å². The highest BCUT2D eigenvalue weighted by Gasteiger charge is 2.37. The molecule has 0 spiro atoms. The lowest BCUT2D eigenvalue weighted by molar-refractivity contribution is -0.139. The molecule has 0 aromatic heterocycles. The van der Waals surface area contributed by atoms with Crippen molar-refractivity contribution in [3.63, 3.8) is 0 Å². The summed E-state index contributed by atoms with van der Waals surface area (Å²) in [5.74, 6) is -0.643. The number of nitrogens with one attached hydrogen (secondary N) is 1. The van der Waals surface area contributed by atoms with Crippen molar-refractivity contribution < 1.29 is 9.59 Å². The van der Waals surface area contributed by atoms with Crippen LogP contribution >= 0.6 is 9.24 Å². The fourth-order valence-corrected chi connectivity index (χ4v) is 4.36. The van der Waals surface area contributed by atoms with E-state index in [1.54, 1.807) is 4.90 Å². The van der Waals surface area contributed by atoms with Crippen molar-refractivity contribution in [1.29, 1.82) is 0 Å². The minimum atomic E-state index is -0.516. The van der Waals surface area contributed by atoms with E-state index in [1.807, 2.05) is 84.9 Å². The second-order valence-electron chi connectivity index (χ2n) is 7.46. The van der Waals surface area contributed by atoms with Gasteiger partial charge >= 0.3 is 0 Å². The molecular formula is C25H25N2O2P. The summed E-state index contributed by atoms with van der Waals surface area (Å²) in [6, 6.07) is 26.8. The topological polar surface area (TPSA) is 49.4 Å². The van der Waals surface area contributed by atoms with Crippen molar-refractivity contribution in [2.75, 3.05) is 11.5 Å². The van der Waals surface area contributed by atoms with Crippen LogP contribution in [0.1, 0.15) is 29.0 Å². The van der Waals surface area contributed by atoms with E-state index in [2.05, 4.69) is 14.6 Å². The Balaban J connectivity index is 1.79. The Morgan fingerprint density at radius 2 is 1.50 bits per heavy atom. The molecule has 4 nitrogen and oxygen atoms in total. The first-order valence-corrected chi connectivity index (χ1v) is 11.0. The third-order valence-corrected chi connectivity index (χ3v) is 5.86. The van der Waals surface area contributed by atoms with E-state index in [9.17, 15) is 9.59 Å². The molecule has 0 aliphatic carbocycles. The second kappa shape index (κ2) is 9.23. The number of hydrogen-bond donors (Lipinski definition) is 1. The molecule has 0 radical (unpaired) electrons. The molecule has 1 heterocycles. The van der Waals surface area contributed by atoms with E-state index in [-0.39, 0.29) is 11.8 Å². The Morgan fingerprint density at radius 1 is 0.933 bits per heavy atom. The van der Waals surface area contributed by atoms with Gasteiger partial charge in [0.15, 0.2) is 0 Å². The summed E-state index contributed by atoms with van der Waals surface area (Å²) in [5, 5.41) is 3.02. The summed E-state index contributed by atoms with van der Waals surface area (Å²) in [6.45, 7) is 0.402. The molecule has 0 saturated heterocycles. The van der Waals surface area contributed by atoms with Crippen molar-refractivity contribution in [3.05, 3.63) is 102 Å². The third-order valence-electron chi connectivity index (χ3n) is 5.53. The summed E-state index contributed by atoms with van der Waals surface area (Å²) in [4.78, 5) is 28.9. The van der Waals surface area contributed by atoms with Gasteiger partial charge in [0.2, 0.25) is 11.8 Å². The zero-order valence-corrected chi connectivity index (χ0v) is 17.9. The summed E-state index contributed by atoms with van der Waals surface area (Å²) >= 11 is 0. The zero-order valence-electron chi connectivity index (χ0n) is 16.7. The van der Waals surface area contributed by atoms with Crippen LogP contribution in [0.4, 0.5) is 5.69 Å². The van der Waals surface area contributed by atoms with Gasteiger partial charge in [0.25, 0.3) is 0 Å². The van der Waals surface area contributed by atoms with Gasteiger partial charge in [0, 0.05) is 12.2 Å². The molecule has 1 aliphatic rings. The molecule has 5 heteroatoms. The van der Waals surface area contributed by atoms with Crippen molar-refractivity contribution >= 4 is 26.7 Å². The summed E-state index contributed by atoms with van der Waals surface area (Å²) in [5.41, 5.74) is 3.58. The first-order valence-electron chi connectivity index (χ1n) is 10.2. The average Bonchev–Trinajstić information content (AvgIpc) is 2.92. The quantitative estimate of drug-likeness (QED) is 0.626. The number of fused-ring (bicyclic) bond motifs is 1. The monoisotopic (exact) mass is 416 g/mol. The molecule has 0 fully saturated rings.